The van der Waals surface area contributed by atoms with E-state index in [4.69, 9.17) is 13.8 Å². The molecule has 1 N–H and O–H groups in total. The third-order valence-corrected chi connectivity index (χ3v) is 17.5. The van der Waals surface area contributed by atoms with Gasteiger partial charge in [-0.1, -0.05) is 327 Å². The van der Waals surface area contributed by atoms with Gasteiger partial charge in [0, 0.05) is 12.8 Å². The fourth-order valence-corrected chi connectivity index (χ4v) is 11.6. The molecule has 0 fully saturated rings. The maximum atomic E-state index is 13.6. The normalized spacial score (nSPS) is 13.8. The molecule has 1 amide bonds. The van der Waals surface area contributed by atoms with E-state index in [9.17, 15) is 19.0 Å². The Hall–Kier alpha value is -2.03. The van der Waals surface area contributed by atoms with Crippen LogP contribution in [0.2, 0.25) is 0 Å². The second-order valence-corrected chi connectivity index (χ2v) is 27.5. The van der Waals surface area contributed by atoms with E-state index in [0.29, 0.717) is 17.4 Å². The summed E-state index contributed by atoms with van der Waals surface area (Å²) >= 11 is 0. The van der Waals surface area contributed by atoms with Crippen molar-refractivity contribution in [3.63, 3.8) is 0 Å². The molecule has 9 nitrogen and oxygen atoms in total. The highest BCUT2D eigenvalue weighted by molar-refractivity contribution is 7.45. The number of quaternary nitrogens is 1. The Bertz CT molecular complexity index is 1570. The Kier molecular flexibility index (Phi) is 62.4. The van der Waals surface area contributed by atoms with Crippen LogP contribution in [0.25, 0.3) is 0 Å². The van der Waals surface area contributed by atoms with Gasteiger partial charge in [-0.3, -0.25) is 14.2 Å². The average molecular weight is 1200 g/mol. The molecular formula is C74H141N2O7P. The van der Waals surface area contributed by atoms with Crippen LogP contribution < -0.4 is 10.2 Å². The van der Waals surface area contributed by atoms with Crippen molar-refractivity contribution in [2.45, 2.75) is 373 Å². The van der Waals surface area contributed by atoms with Crippen LogP contribution in [0.15, 0.2) is 48.6 Å². The molecule has 0 rings (SSSR count). The lowest BCUT2D eigenvalue weighted by Gasteiger charge is -2.30. The molecule has 0 saturated heterocycles. The van der Waals surface area contributed by atoms with Gasteiger partial charge in [-0.2, -0.15) is 0 Å². The molecule has 0 aromatic heterocycles. The van der Waals surface area contributed by atoms with E-state index in [-0.39, 0.29) is 24.9 Å². The Labute approximate surface area is 522 Å². The molecule has 0 aliphatic heterocycles. The number of likely N-dealkylation sites (N-methyl/N-ethyl adjacent to an activating group) is 1. The first kappa shape index (κ1) is 82.0. The van der Waals surface area contributed by atoms with Crippen LogP contribution in [0.4, 0.5) is 0 Å². The van der Waals surface area contributed by atoms with Crippen LogP contribution in [-0.4, -0.2) is 69.4 Å². The maximum Gasteiger partial charge on any atom is 0.306 e. The molecule has 0 aliphatic rings. The average Bonchev–Trinajstić information content (AvgIpc) is 3.64. The van der Waals surface area contributed by atoms with Crippen LogP contribution in [0.5, 0.6) is 0 Å². The van der Waals surface area contributed by atoms with Crippen LogP contribution in [0.1, 0.15) is 361 Å². The molecule has 0 aliphatic carbocycles. The third-order valence-electron chi connectivity index (χ3n) is 16.5. The van der Waals surface area contributed by atoms with Gasteiger partial charge in [-0.05, 0) is 70.3 Å². The smallest absolute Gasteiger partial charge is 0.306 e. The predicted molar refractivity (Wildman–Crippen MR) is 363 cm³/mol. The van der Waals surface area contributed by atoms with E-state index in [0.717, 1.165) is 89.9 Å². The molecule has 0 aromatic rings. The summed E-state index contributed by atoms with van der Waals surface area (Å²) in [6.07, 6.45) is 81.0. The number of hydrogen-bond donors (Lipinski definition) is 1. The second kappa shape index (κ2) is 64.0. The highest BCUT2D eigenvalue weighted by Gasteiger charge is 2.27. The lowest BCUT2D eigenvalue weighted by molar-refractivity contribution is -0.870. The lowest BCUT2D eigenvalue weighted by atomic mass is 10.0. The quantitative estimate of drug-likeness (QED) is 0.0212. The molecule has 0 radical (unpaired) electrons. The topological polar surface area (TPSA) is 114 Å². The Morgan fingerprint density at radius 2 is 0.726 bits per heavy atom. The molecular weight excluding hydrogens is 1060 g/mol. The summed E-state index contributed by atoms with van der Waals surface area (Å²) < 4.78 is 30.4. The molecule has 10 heteroatoms. The monoisotopic (exact) mass is 1200 g/mol. The van der Waals surface area contributed by atoms with Gasteiger partial charge in [0.1, 0.15) is 19.3 Å². The second-order valence-electron chi connectivity index (χ2n) is 26.1. The van der Waals surface area contributed by atoms with Crippen molar-refractivity contribution >= 4 is 19.7 Å². The molecule has 0 heterocycles. The number of carbonyl (C=O) groups is 2. The van der Waals surface area contributed by atoms with Crippen molar-refractivity contribution in [1.29, 1.82) is 0 Å². The first-order valence-electron chi connectivity index (χ1n) is 36.4. The molecule has 3 atom stereocenters. The van der Waals surface area contributed by atoms with Gasteiger partial charge < -0.3 is 28.5 Å². The first-order valence-corrected chi connectivity index (χ1v) is 37.9. The fourth-order valence-electron chi connectivity index (χ4n) is 10.9. The van der Waals surface area contributed by atoms with Crippen molar-refractivity contribution in [3.05, 3.63) is 48.6 Å². The van der Waals surface area contributed by atoms with Gasteiger partial charge in [0.2, 0.25) is 5.91 Å². The molecule has 0 spiro atoms. The van der Waals surface area contributed by atoms with E-state index in [1.54, 1.807) is 0 Å². The van der Waals surface area contributed by atoms with Gasteiger partial charge in [-0.15, -0.1) is 0 Å². The number of allylic oxidation sites excluding steroid dienone is 7. The SMILES string of the molecule is CCCCC/C=C\C/C=C\C/C=C\CCCCCCCCC(=O)NC(COP(=O)([O-])OCC[N+](C)(C)C)C(/C=C\CCCCCCCCCCCC)OC(=O)CCCCCCCCCCCCCCCCCCCCCCCCCCCCC. The minimum Gasteiger partial charge on any atom is -0.756 e. The number of phosphoric ester groups is 1. The summed E-state index contributed by atoms with van der Waals surface area (Å²) in [6, 6.07) is -0.894. The lowest BCUT2D eigenvalue weighted by Crippen LogP contribution is -2.47. The number of unbranched alkanes of at least 4 members (excludes halogenated alkanes) is 45. The first-order chi connectivity index (χ1) is 40.9. The van der Waals surface area contributed by atoms with E-state index < -0.39 is 26.6 Å². The molecule has 0 saturated carbocycles. The number of phosphoric acid groups is 1. The fraction of sp³-hybridized carbons (Fsp3) is 0.865. The number of hydrogen-bond acceptors (Lipinski definition) is 7. The number of nitrogens with one attached hydrogen (secondary N) is 1. The Balaban J connectivity index is 4.99. The van der Waals surface area contributed by atoms with Crippen molar-refractivity contribution in [2.24, 2.45) is 0 Å². The molecule has 3 unspecified atom stereocenters. The number of ether oxygens (including phenoxy) is 1. The number of rotatable bonds is 67. The highest BCUT2D eigenvalue weighted by Crippen LogP contribution is 2.38. The standard InChI is InChI=1S/C74H141N2O7P/c1-7-10-13-16-19-22-25-28-30-32-34-35-36-37-38-39-40-41-43-45-47-49-52-55-58-61-64-67-74(78)83-72(65-62-59-56-53-50-27-24-21-18-15-12-9-3)71(70-82-84(79,80)81-69-68-76(4,5)6)75-73(77)66-63-60-57-54-51-48-46-44-42-33-31-29-26-23-20-17-14-11-8-2/h20,23,29,31,42,44,62,65,71-72H,7-19,21-22,24-28,30,32-41,43,45-61,63-64,66-70H2,1-6H3,(H-,75,77,79,80)/b23-20-,31-29-,44-42-,65-62-. The van der Waals surface area contributed by atoms with Crippen LogP contribution >= 0.6 is 7.82 Å². The van der Waals surface area contributed by atoms with Crippen molar-refractivity contribution in [2.75, 3.05) is 40.9 Å². The highest BCUT2D eigenvalue weighted by atomic mass is 31.2. The van der Waals surface area contributed by atoms with Crippen LogP contribution in [0.3, 0.4) is 0 Å². The van der Waals surface area contributed by atoms with Gasteiger partial charge in [0.15, 0.2) is 0 Å². The molecule has 0 aromatic carbocycles. The van der Waals surface area contributed by atoms with Gasteiger partial charge in [0.05, 0.1) is 33.8 Å². The van der Waals surface area contributed by atoms with Crippen molar-refractivity contribution in [1.82, 2.24) is 5.32 Å². The number of nitrogens with zero attached hydrogens (tertiary/aromatic N) is 1. The van der Waals surface area contributed by atoms with E-state index in [1.807, 2.05) is 33.3 Å². The number of amides is 1. The van der Waals surface area contributed by atoms with Crippen molar-refractivity contribution < 1.29 is 37.3 Å². The Morgan fingerprint density at radius 3 is 1.11 bits per heavy atom. The maximum absolute atomic E-state index is 13.6. The number of carbonyl (C=O) groups excluding carboxylic acids is 2. The van der Waals surface area contributed by atoms with E-state index in [2.05, 4.69) is 62.5 Å². The van der Waals surface area contributed by atoms with Crippen LogP contribution in [0, 0.1) is 0 Å². The zero-order chi connectivity index (χ0) is 61.4. The summed E-state index contributed by atoms with van der Waals surface area (Å²) in [4.78, 5) is 40.2. The van der Waals surface area contributed by atoms with Crippen molar-refractivity contribution in [3.8, 4) is 0 Å². The minimum absolute atomic E-state index is 0.0238. The minimum atomic E-state index is -4.71. The zero-order valence-electron chi connectivity index (χ0n) is 56.6. The molecule has 494 valence electrons. The summed E-state index contributed by atoms with van der Waals surface area (Å²) in [7, 11) is 1.19. The van der Waals surface area contributed by atoms with Gasteiger partial charge in [-0.25, -0.2) is 0 Å². The predicted octanol–water partition coefficient (Wildman–Crippen LogP) is 22.6. The Morgan fingerprint density at radius 1 is 0.417 bits per heavy atom. The number of esters is 1. The van der Waals surface area contributed by atoms with Gasteiger partial charge >= 0.3 is 5.97 Å². The third kappa shape index (κ3) is 64.4. The van der Waals surface area contributed by atoms with E-state index in [1.165, 1.54) is 238 Å². The van der Waals surface area contributed by atoms with E-state index >= 15 is 0 Å². The summed E-state index contributed by atoms with van der Waals surface area (Å²) in [5.74, 6) is -0.539. The summed E-state index contributed by atoms with van der Waals surface area (Å²) in [6.45, 7) is 6.86. The molecule has 0 bridgehead atoms. The summed E-state index contributed by atoms with van der Waals surface area (Å²) in [5, 5.41) is 3.04. The largest absolute Gasteiger partial charge is 0.756 e. The summed E-state index contributed by atoms with van der Waals surface area (Å²) in [5.41, 5.74) is 0. The zero-order valence-corrected chi connectivity index (χ0v) is 57.5. The van der Waals surface area contributed by atoms with Crippen LogP contribution in [-0.2, 0) is 27.9 Å². The van der Waals surface area contributed by atoms with Gasteiger partial charge in [0.25, 0.3) is 7.82 Å². The molecule has 84 heavy (non-hydrogen) atoms.